The van der Waals surface area contributed by atoms with Crippen molar-refractivity contribution in [2.24, 2.45) is 5.92 Å². The third kappa shape index (κ3) is 7.90. The van der Waals surface area contributed by atoms with E-state index in [1.54, 1.807) is 4.90 Å². The van der Waals surface area contributed by atoms with Gasteiger partial charge in [-0.15, -0.1) is 0 Å². The van der Waals surface area contributed by atoms with Crippen molar-refractivity contribution >= 4 is 11.8 Å². The second-order valence-electron chi connectivity index (χ2n) is 8.85. The number of nitrogens with zero attached hydrogens (tertiary/aromatic N) is 1. The summed E-state index contributed by atoms with van der Waals surface area (Å²) in [6, 6.07) is 28.9. The molecule has 33 heavy (non-hydrogen) atoms. The topological polar surface area (TPSA) is 49.4 Å². The molecule has 4 heteroatoms. The molecule has 172 valence electrons. The van der Waals surface area contributed by atoms with Crippen molar-refractivity contribution in [2.75, 3.05) is 6.54 Å². The Kier molecular flexibility index (Phi) is 9.25. The van der Waals surface area contributed by atoms with Crippen molar-refractivity contribution in [2.45, 2.75) is 45.7 Å². The minimum atomic E-state index is -0.587. The highest BCUT2D eigenvalue weighted by Crippen LogP contribution is 2.16. The molecule has 0 aliphatic carbocycles. The third-order valence-corrected chi connectivity index (χ3v) is 5.69. The van der Waals surface area contributed by atoms with Gasteiger partial charge in [0.1, 0.15) is 6.04 Å². The number of hydrogen-bond acceptors (Lipinski definition) is 2. The molecule has 3 aromatic rings. The minimum absolute atomic E-state index is 0.0509. The normalized spacial score (nSPS) is 11.7. The summed E-state index contributed by atoms with van der Waals surface area (Å²) in [5, 5.41) is 3.09. The van der Waals surface area contributed by atoms with Crippen LogP contribution in [0.3, 0.4) is 0 Å². The molecule has 0 saturated heterocycles. The molecule has 0 aromatic heterocycles. The molecule has 0 heterocycles. The molecule has 0 aliphatic rings. The number of rotatable bonds is 11. The van der Waals surface area contributed by atoms with Gasteiger partial charge >= 0.3 is 0 Å². The van der Waals surface area contributed by atoms with Crippen LogP contribution in [-0.4, -0.2) is 29.3 Å². The van der Waals surface area contributed by atoms with Crippen molar-refractivity contribution in [3.63, 3.8) is 0 Å². The number of benzene rings is 3. The van der Waals surface area contributed by atoms with Gasteiger partial charge in [0.2, 0.25) is 11.8 Å². The Morgan fingerprint density at radius 1 is 0.758 bits per heavy atom. The summed E-state index contributed by atoms with van der Waals surface area (Å²) < 4.78 is 0. The van der Waals surface area contributed by atoms with Gasteiger partial charge in [-0.25, -0.2) is 0 Å². The number of amides is 2. The van der Waals surface area contributed by atoms with Crippen LogP contribution in [0.15, 0.2) is 91.0 Å². The molecule has 0 radical (unpaired) electrons. The molecule has 3 aromatic carbocycles. The van der Waals surface area contributed by atoms with Crippen LogP contribution in [0.1, 0.15) is 37.0 Å². The quantitative estimate of drug-likeness (QED) is 0.453. The molecule has 0 aliphatic heterocycles. The maximum atomic E-state index is 13.6. The largest absolute Gasteiger partial charge is 0.354 e. The first-order valence-corrected chi connectivity index (χ1v) is 11.7. The SMILES string of the molecule is CC(C)CCNC(=O)[C@@H](Cc1ccccc1)N(Cc1ccccc1)C(=O)Cc1ccccc1. The second kappa shape index (κ2) is 12.6. The summed E-state index contributed by atoms with van der Waals surface area (Å²) in [6.45, 7) is 5.27. The summed E-state index contributed by atoms with van der Waals surface area (Å²) in [5.41, 5.74) is 2.98. The van der Waals surface area contributed by atoms with Gasteiger partial charge in [0.15, 0.2) is 0 Å². The van der Waals surface area contributed by atoms with E-state index in [2.05, 4.69) is 19.2 Å². The van der Waals surface area contributed by atoms with Gasteiger partial charge in [0, 0.05) is 19.5 Å². The van der Waals surface area contributed by atoms with E-state index in [-0.39, 0.29) is 18.2 Å². The summed E-state index contributed by atoms with van der Waals surface area (Å²) in [5.74, 6) is 0.347. The lowest BCUT2D eigenvalue weighted by atomic mass is 10.0. The molecule has 2 amide bonds. The zero-order valence-electron chi connectivity index (χ0n) is 19.6. The Morgan fingerprint density at radius 2 is 1.27 bits per heavy atom. The highest BCUT2D eigenvalue weighted by Gasteiger charge is 2.30. The molecule has 1 N–H and O–H groups in total. The van der Waals surface area contributed by atoms with Crippen molar-refractivity contribution in [1.82, 2.24) is 10.2 Å². The van der Waals surface area contributed by atoms with E-state index in [1.807, 2.05) is 91.0 Å². The molecular formula is C29H34N2O2. The predicted molar refractivity (Wildman–Crippen MR) is 134 cm³/mol. The van der Waals surface area contributed by atoms with Crippen molar-refractivity contribution < 1.29 is 9.59 Å². The van der Waals surface area contributed by atoms with Gasteiger partial charge in [-0.1, -0.05) is 105 Å². The van der Waals surface area contributed by atoms with Gasteiger partial charge in [0.25, 0.3) is 0 Å². The molecule has 0 spiro atoms. The Morgan fingerprint density at radius 3 is 1.82 bits per heavy atom. The maximum Gasteiger partial charge on any atom is 0.243 e. The molecular weight excluding hydrogens is 408 g/mol. The highest BCUT2D eigenvalue weighted by molar-refractivity contribution is 5.88. The van der Waals surface area contributed by atoms with Crippen LogP contribution >= 0.6 is 0 Å². The van der Waals surface area contributed by atoms with E-state index < -0.39 is 6.04 Å². The average Bonchev–Trinajstić information content (AvgIpc) is 2.83. The van der Waals surface area contributed by atoms with Crippen molar-refractivity contribution in [3.8, 4) is 0 Å². The minimum Gasteiger partial charge on any atom is -0.354 e. The average molecular weight is 443 g/mol. The first kappa shape index (κ1) is 24.2. The lowest BCUT2D eigenvalue weighted by Crippen LogP contribution is -2.51. The fourth-order valence-corrected chi connectivity index (χ4v) is 3.81. The molecule has 0 bridgehead atoms. The fourth-order valence-electron chi connectivity index (χ4n) is 3.81. The van der Waals surface area contributed by atoms with Crippen molar-refractivity contribution in [1.29, 1.82) is 0 Å². The molecule has 4 nitrogen and oxygen atoms in total. The van der Waals surface area contributed by atoms with Crippen molar-refractivity contribution in [3.05, 3.63) is 108 Å². The summed E-state index contributed by atoms with van der Waals surface area (Å²) in [7, 11) is 0. The molecule has 0 fully saturated rings. The van der Waals surface area contributed by atoms with Gasteiger partial charge < -0.3 is 10.2 Å². The molecule has 1 atom stereocenters. The zero-order valence-corrected chi connectivity index (χ0v) is 19.6. The number of nitrogens with one attached hydrogen (secondary N) is 1. The van der Waals surface area contributed by atoms with E-state index >= 15 is 0 Å². The van der Waals surface area contributed by atoms with Gasteiger partial charge in [-0.3, -0.25) is 9.59 Å². The van der Waals surface area contributed by atoms with E-state index in [4.69, 9.17) is 0 Å². The van der Waals surface area contributed by atoms with Crippen LogP contribution in [0.25, 0.3) is 0 Å². The van der Waals surface area contributed by atoms with Crippen LogP contribution in [0, 0.1) is 5.92 Å². The summed E-state index contributed by atoms with van der Waals surface area (Å²) in [6.07, 6.45) is 1.64. The van der Waals surface area contributed by atoms with E-state index in [9.17, 15) is 9.59 Å². The number of carbonyl (C=O) groups is 2. The fraction of sp³-hybridized carbons (Fsp3) is 0.310. The molecule has 0 saturated carbocycles. The summed E-state index contributed by atoms with van der Waals surface area (Å²) in [4.78, 5) is 28.7. The van der Waals surface area contributed by atoms with Gasteiger partial charge in [-0.2, -0.15) is 0 Å². The lowest BCUT2D eigenvalue weighted by Gasteiger charge is -2.32. The van der Waals surface area contributed by atoms with E-state index in [1.165, 1.54) is 0 Å². The molecule has 3 rings (SSSR count). The second-order valence-corrected chi connectivity index (χ2v) is 8.85. The number of hydrogen-bond donors (Lipinski definition) is 1. The smallest absolute Gasteiger partial charge is 0.243 e. The van der Waals surface area contributed by atoms with Crippen LogP contribution in [-0.2, 0) is 29.0 Å². The first-order chi connectivity index (χ1) is 16.0. The lowest BCUT2D eigenvalue weighted by molar-refractivity contribution is -0.140. The van der Waals surface area contributed by atoms with Crippen LogP contribution in [0.4, 0.5) is 0 Å². The standard InChI is InChI=1S/C29H34N2O2/c1-23(2)18-19-30-29(33)27(20-24-12-6-3-7-13-24)31(22-26-16-10-5-11-17-26)28(32)21-25-14-8-4-9-15-25/h3-17,23,27H,18-22H2,1-2H3,(H,30,33)/t27-/m1/s1. The Bertz CT molecular complexity index is 988. The predicted octanol–water partition coefficient (Wildman–Crippen LogP) is 5.03. The first-order valence-electron chi connectivity index (χ1n) is 11.7. The van der Waals surface area contributed by atoms with E-state index in [0.717, 1.165) is 23.1 Å². The van der Waals surface area contributed by atoms with Crippen LogP contribution in [0.2, 0.25) is 0 Å². The highest BCUT2D eigenvalue weighted by atomic mass is 16.2. The Balaban J connectivity index is 1.89. The Hall–Kier alpha value is -3.40. The number of carbonyl (C=O) groups excluding carboxylic acids is 2. The zero-order chi connectivity index (χ0) is 23.5. The van der Waals surface area contributed by atoms with Gasteiger partial charge in [0.05, 0.1) is 6.42 Å². The van der Waals surface area contributed by atoms with Crippen LogP contribution in [0.5, 0.6) is 0 Å². The van der Waals surface area contributed by atoms with E-state index in [0.29, 0.717) is 25.4 Å². The maximum absolute atomic E-state index is 13.6. The van der Waals surface area contributed by atoms with Gasteiger partial charge in [-0.05, 0) is 29.0 Å². The third-order valence-electron chi connectivity index (χ3n) is 5.69. The van der Waals surface area contributed by atoms with Crippen LogP contribution < -0.4 is 5.32 Å². The summed E-state index contributed by atoms with van der Waals surface area (Å²) >= 11 is 0. The Labute approximate surface area is 197 Å². The molecule has 0 unspecified atom stereocenters. The monoisotopic (exact) mass is 442 g/mol.